The largest absolute Gasteiger partial charge is 0.398 e. The van der Waals surface area contributed by atoms with E-state index in [1.807, 2.05) is 37.1 Å². The topological polar surface area (TPSA) is 42.1 Å². The van der Waals surface area contributed by atoms with Gasteiger partial charge in [0.15, 0.2) is 0 Å². The Morgan fingerprint density at radius 2 is 1.89 bits per heavy atom. The van der Waals surface area contributed by atoms with E-state index in [1.54, 1.807) is 12.1 Å². The molecule has 100 valence electrons. The normalized spacial score (nSPS) is 10.9. The molecule has 0 aliphatic carbocycles. The van der Waals surface area contributed by atoms with E-state index in [0.717, 1.165) is 11.4 Å². The minimum atomic E-state index is -0.260. The van der Waals surface area contributed by atoms with Crippen molar-refractivity contribution < 1.29 is 4.39 Å². The predicted octanol–water partition coefficient (Wildman–Crippen LogP) is 2.74. The van der Waals surface area contributed by atoms with Gasteiger partial charge in [0.05, 0.1) is 5.69 Å². The third-order valence-electron chi connectivity index (χ3n) is 2.96. The smallest absolute Gasteiger partial charge is 0.129 e. The Balaban J connectivity index is 2.07. The van der Waals surface area contributed by atoms with E-state index in [0.29, 0.717) is 24.3 Å². The van der Waals surface area contributed by atoms with Gasteiger partial charge < -0.3 is 5.73 Å². The van der Waals surface area contributed by atoms with Crippen LogP contribution in [0.15, 0.2) is 36.4 Å². The Morgan fingerprint density at radius 3 is 2.58 bits per heavy atom. The Labute approximate surface area is 112 Å². The van der Waals surface area contributed by atoms with E-state index in [2.05, 4.69) is 4.98 Å². The summed E-state index contributed by atoms with van der Waals surface area (Å²) in [6, 6.07) is 10.7. The second-order valence-electron chi connectivity index (χ2n) is 4.75. The number of hydrogen-bond donors (Lipinski definition) is 1. The fourth-order valence-corrected chi connectivity index (χ4v) is 2.03. The van der Waals surface area contributed by atoms with Crippen molar-refractivity contribution in [3.63, 3.8) is 0 Å². The predicted molar refractivity (Wildman–Crippen MR) is 75.0 cm³/mol. The van der Waals surface area contributed by atoms with Gasteiger partial charge in [-0.3, -0.25) is 9.88 Å². The van der Waals surface area contributed by atoms with Crippen molar-refractivity contribution in [2.45, 2.75) is 20.0 Å². The summed E-state index contributed by atoms with van der Waals surface area (Å²) in [6.45, 7) is 3.09. The van der Waals surface area contributed by atoms with Crippen molar-refractivity contribution in [3.05, 3.63) is 59.2 Å². The first kappa shape index (κ1) is 13.5. The van der Waals surface area contributed by atoms with Crippen LogP contribution in [0.2, 0.25) is 0 Å². The molecule has 4 heteroatoms. The van der Waals surface area contributed by atoms with Gasteiger partial charge in [-0.1, -0.05) is 12.1 Å². The number of hydrogen-bond acceptors (Lipinski definition) is 3. The molecule has 0 amide bonds. The summed E-state index contributed by atoms with van der Waals surface area (Å²) in [7, 11) is 1.93. The first-order valence-electron chi connectivity index (χ1n) is 6.20. The first-order valence-corrected chi connectivity index (χ1v) is 6.20. The lowest BCUT2D eigenvalue weighted by atomic mass is 10.1. The van der Waals surface area contributed by atoms with Crippen LogP contribution in [-0.2, 0) is 13.1 Å². The van der Waals surface area contributed by atoms with Crippen molar-refractivity contribution in [3.8, 4) is 0 Å². The molecule has 0 spiro atoms. The second kappa shape index (κ2) is 5.80. The summed E-state index contributed by atoms with van der Waals surface area (Å²) in [5.74, 6) is -0.260. The van der Waals surface area contributed by atoms with Gasteiger partial charge >= 0.3 is 0 Å². The number of rotatable bonds is 4. The zero-order valence-corrected chi connectivity index (χ0v) is 11.2. The molecule has 0 bridgehead atoms. The maximum absolute atomic E-state index is 13.7. The molecule has 0 fully saturated rings. The Morgan fingerprint density at radius 1 is 1.16 bits per heavy atom. The van der Waals surface area contributed by atoms with E-state index < -0.39 is 0 Å². The highest BCUT2D eigenvalue weighted by atomic mass is 19.1. The highest BCUT2D eigenvalue weighted by Crippen LogP contribution is 2.18. The molecule has 0 unspecified atom stereocenters. The standard InChI is InChI=1S/C15H18FN3/c1-11-5-3-6-12(18-11)9-19(2)10-13-14(16)7-4-8-15(13)17/h3-8H,9-10,17H2,1-2H3. The van der Waals surface area contributed by atoms with Crippen LogP contribution < -0.4 is 5.73 Å². The van der Waals surface area contributed by atoms with Crippen LogP contribution in [0.1, 0.15) is 17.0 Å². The van der Waals surface area contributed by atoms with Crippen LogP contribution in [0.5, 0.6) is 0 Å². The number of nitrogen functional groups attached to an aromatic ring is 1. The molecule has 19 heavy (non-hydrogen) atoms. The maximum Gasteiger partial charge on any atom is 0.129 e. The molecule has 0 saturated carbocycles. The van der Waals surface area contributed by atoms with E-state index in [9.17, 15) is 4.39 Å². The molecular weight excluding hydrogens is 241 g/mol. The van der Waals surface area contributed by atoms with E-state index in [-0.39, 0.29) is 5.82 Å². The number of aromatic nitrogens is 1. The highest BCUT2D eigenvalue weighted by molar-refractivity contribution is 5.47. The third kappa shape index (κ3) is 3.51. The molecule has 1 aromatic carbocycles. The van der Waals surface area contributed by atoms with Gasteiger partial charge in [-0.25, -0.2) is 4.39 Å². The van der Waals surface area contributed by atoms with Gasteiger partial charge in [-0.2, -0.15) is 0 Å². The lowest BCUT2D eigenvalue weighted by Crippen LogP contribution is -2.19. The Kier molecular flexibility index (Phi) is 4.12. The zero-order chi connectivity index (χ0) is 13.8. The molecular formula is C15H18FN3. The molecule has 0 saturated heterocycles. The summed E-state index contributed by atoms with van der Waals surface area (Å²) in [6.07, 6.45) is 0. The molecule has 1 aromatic heterocycles. The molecule has 0 aliphatic rings. The van der Waals surface area contributed by atoms with E-state index in [1.165, 1.54) is 6.07 Å². The summed E-state index contributed by atoms with van der Waals surface area (Å²) >= 11 is 0. The van der Waals surface area contributed by atoms with Gasteiger partial charge in [-0.05, 0) is 38.2 Å². The molecule has 2 aromatic rings. The van der Waals surface area contributed by atoms with Gasteiger partial charge in [0.1, 0.15) is 5.82 Å². The number of pyridine rings is 1. The van der Waals surface area contributed by atoms with Crippen LogP contribution in [0.4, 0.5) is 10.1 Å². The third-order valence-corrected chi connectivity index (χ3v) is 2.96. The highest BCUT2D eigenvalue weighted by Gasteiger charge is 2.09. The van der Waals surface area contributed by atoms with Crippen LogP contribution in [-0.4, -0.2) is 16.9 Å². The summed E-state index contributed by atoms with van der Waals surface area (Å²) < 4.78 is 13.7. The van der Waals surface area contributed by atoms with Gasteiger partial charge in [-0.15, -0.1) is 0 Å². The van der Waals surface area contributed by atoms with Crippen molar-refractivity contribution in [2.75, 3.05) is 12.8 Å². The van der Waals surface area contributed by atoms with Crippen LogP contribution in [0, 0.1) is 12.7 Å². The van der Waals surface area contributed by atoms with Crippen molar-refractivity contribution in [1.29, 1.82) is 0 Å². The van der Waals surface area contributed by atoms with Gasteiger partial charge in [0.2, 0.25) is 0 Å². The minimum absolute atomic E-state index is 0.260. The molecule has 0 atom stereocenters. The Bertz CT molecular complexity index is 549. The molecule has 0 radical (unpaired) electrons. The summed E-state index contributed by atoms with van der Waals surface area (Å²) in [5, 5.41) is 0. The minimum Gasteiger partial charge on any atom is -0.398 e. The van der Waals surface area contributed by atoms with E-state index in [4.69, 9.17) is 5.73 Å². The average molecular weight is 259 g/mol. The van der Waals surface area contributed by atoms with Crippen LogP contribution in [0.3, 0.4) is 0 Å². The van der Waals surface area contributed by atoms with Crippen molar-refractivity contribution >= 4 is 5.69 Å². The lowest BCUT2D eigenvalue weighted by molar-refractivity contribution is 0.310. The van der Waals surface area contributed by atoms with Gasteiger partial charge in [0.25, 0.3) is 0 Å². The van der Waals surface area contributed by atoms with Crippen molar-refractivity contribution in [1.82, 2.24) is 9.88 Å². The van der Waals surface area contributed by atoms with Crippen LogP contribution in [0.25, 0.3) is 0 Å². The van der Waals surface area contributed by atoms with Gasteiger partial charge in [0, 0.05) is 30.0 Å². The SMILES string of the molecule is Cc1cccc(CN(C)Cc2c(N)cccc2F)n1. The summed E-state index contributed by atoms with van der Waals surface area (Å²) in [5.41, 5.74) is 8.79. The number of anilines is 1. The molecule has 3 nitrogen and oxygen atoms in total. The zero-order valence-electron chi connectivity index (χ0n) is 11.2. The second-order valence-corrected chi connectivity index (χ2v) is 4.75. The quantitative estimate of drug-likeness (QED) is 0.858. The maximum atomic E-state index is 13.7. The van der Waals surface area contributed by atoms with Crippen LogP contribution >= 0.6 is 0 Å². The number of benzene rings is 1. The number of nitrogens with two attached hydrogens (primary N) is 1. The molecule has 0 aliphatic heterocycles. The van der Waals surface area contributed by atoms with Crippen molar-refractivity contribution in [2.24, 2.45) is 0 Å². The lowest BCUT2D eigenvalue weighted by Gasteiger charge is -2.18. The molecule has 2 N–H and O–H groups in total. The fraction of sp³-hybridized carbons (Fsp3) is 0.267. The molecule has 1 heterocycles. The number of aryl methyl sites for hydroxylation is 1. The number of nitrogens with zero attached hydrogens (tertiary/aromatic N) is 2. The fourth-order valence-electron chi connectivity index (χ4n) is 2.03. The molecule has 2 rings (SSSR count). The summed E-state index contributed by atoms with van der Waals surface area (Å²) in [4.78, 5) is 6.43. The average Bonchev–Trinajstić information content (AvgIpc) is 2.34. The van der Waals surface area contributed by atoms with E-state index >= 15 is 0 Å². The number of halogens is 1. The first-order chi connectivity index (χ1) is 9.06. The Hall–Kier alpha value is -1.94. The monoisotopic (exact) mass is 259 g/mol.